The first-order valence-corrected chi connectivity index (χ1v) is 10.7. The van der Waals surface area contributed by atoms with E-state index in [1.807, 2.05) is 11.8 Å². The number of hydrogen-bond donors (Lipinski definition) is 0. The van der Waals surface area contributed by atoms with Crippen LogP contribution in [-0.4, -0.2) is 33.9 Å². The Bertz CT molecular complexity index is 981. The molecule has 144 valence electrons. The first-order valence-electron chi connectivity index (χ1n) is 9.81. The van der Waals surface area contributed by atoms with E-state index >= 15 is 0 Å². The van der Waals surface area contributed by atoms with Crippen LogP contribution in [0, 0.1) is 13.8 Å². The van der Waals surface area contributed by atoms with Crippen LogP contribution in [0.2, 0.25) is 0 Å². The van der Waals surface area contributed by atoms with Crippen molar-refractivity contribution in [2.45, 2.75) is 39.0 Å². The molecule has 4 rings (SSSR count). The zero-order valence-electron chi connectivity index (χ0n) is 16.4. The molecule has 0 spiro atoms. The summed E-state index contributed by atoms with van der Waals surface area (Å²) in [6, 6.07) is 14.9. The molecule has 2 aromatic heterocycles. The second-order valence-corrected chi connectivity index (χ2v) is 8.43. The van der Waals surface area contributed by atoms with E-state index in [0.29, 0.717) is 5.92 Å². The van der Waals surface area contributed by atoms with Gasteiger partial charge >= 0.3 is 0 Å². The summed E-state index contributed by atoms with van der Waals surface area (Å²) in [5, 5.41) is 0. The lowest BCUT2D eigenvalue weighted by atomic mass is 9.93. The molecular formula is C23H25N3OS. The molecule has 1 aliphatic heterocycles. The van der Waals surface area contributed by atoms with Gasteiger partial charge in [0.2, 0.25) is 0 Å². The van der Waals surface area contributed by atoms with Gasteiger partial charge in [0.15, 0.2) is 0 Å². The number of carbonyl (C=O) groups excluding carboxylic acids is 1. The number of piperidine rings is 1. The topological polar surface area (TPSA) is 46.1 Å². The minimum absolute atomic E-state index is 0.112. The molecule has 5 heteroatoms. The van der Waals surface area contributed by atoms with Gasteiger partial charge in [-0.2, -0.15) is 0 Å². The summed E-state index contributed by atoms with van der Waals surface area (Å²) >= 11 is 1.44. The van der Waals surface area contributed by atoms with Crippen LogP contribution in [0.5, 0.6) is 0 Å². The lowest BCUT2D eigenvalue weighted by Crippen LogP contribution is -2.39. The summed E-state index contributed by atoms with van der Waals surface area (Å²) in [7, 11) is 0. The Morgan fingerprint density at radius 3 is 2.86 bits per heavy atom. The predicted molar refractivity (Wildman–Crippen MR) is 113 cm³/mol. The molecule has 1 aromatic carbocycles. The van der Waals surface area contributed by atoms with E-state index in [2.05, 4.69) is 54.4 Å². The van der Waals surface area contributed by atoms with Crippen molar-refractivity contribution in [3.05, 3.63) is 81.1 Å². The fourth-order valence-electron chi connectivity index (χ4n) is 3.91. The molecule has 0 bridgehead atoms. The Morgan fingerprint density at radius 1 is 1.21 bits per heavy atom. The zero-order chi connectivity index (χ0) is 19.5. The molecule has 0 N–H and O–H groups in total. The third kappa shape index (κ3) is 4.14. The van der Waals surface area contributed by atoms with Gasteiger partial charge in [-0.1, -0.05) is 35.9 Å². The minimum Gasteiger partial charge on any atom is -0.337 e. The van der Waals surface area contributed by atoms with E-state index in [1.54, 1.807) is 5.51 Å². The molecule has 0 aliphatic carbocycles. The molecule has 1 saturated heterocycles. The Labute approximate surface area is 170 Å². The highest BCUT2D eigenvalue weighted by molar-refractivity contribution is 7.11. The van der Waals surface area contributed by atoms with E-state index in [0.717, 1.165) is 54.3 Å². The molecule has 1 amide bonds. The van der Waals surface area contributed by atoms with Gasteiger partial charge in [-0.05, 0) is 44.4 Å². The Balaban J connectivity index is 1.49. The van der Waals surface area contributed by atoms with Crippen molar-refractivity contribution in [2.75, 3.05) is 13.1 Å². The molecule has 3 heterocycles. The smallest absolute Gasteiger partial charge is 0.265 e. The van der Waals surface area contributed by atoms with Crippen molar-refractivity contribution < 1.29 is 4.79 Å². The summed E-state index contributed by atoms with van der Waals surface area (Å²) in [4.78, 5) is 24.8. The maximum atomic E-state index is 12.9. The Hall–Kier alpha value is -2.53. The van der Waals surface area contributed by atoms with Gasteiger partial charge in [0.05, 0.1) is 11.2 Å². The number of hydrogen-bond acceptors (Lipinski definition) is 4. The molecule has 1 atom stereocenters. The average Bonchev–Trinajstić information content (AvgIpc) is 3.14. The minimum atomic E-state index is 0.112. The number of likely N-dealkylation sites (tertiary alicyclic amines) is 1. The van der Waals surface area contributed by atoms with Gasteiger partial charge in [-0.3, -0.25) is 9.78 Å². The second kappa shape index (κ2) is 8.23. The molecule has 28 heavy (non-hydrogen) atoms. The van der Waals surface area contributed by atoms with Gasteiger partial charge in [0, 0.05) is 36.8 Å². The standard InChI is InChI=1S/C23H25N3OS/c1-16-6-3-7-18(12-16)13-20-9-4-10-21(25-20)19-8-5-11-26(14-19)23(27)22-17(2)24-15-28-22/h3-4,6-7,9-10,12,15,19H,5,8,11,13-14H2,1-2H3. The van der Waals surface area contributed by atoms with Crippen LogP contribution in [0.4, 0.5) is 0 Å². The number of pyridine rings is 1. The first kappa shape index (κ1) is 18.8. The summed E-state index contributed by atoms with van der Waals surface area (Å²) in [5.41, 5.74) is 7.32. The summed E-state index contributed by atoms with van der Waals surface area (Å²) in [6.45, 7) is 5.57. The van der Waals surface area contributed by atoms with Gasteiger partial charge in [-0.15, -0.1) is 11.3 Å². The van der Waals surface area contributed by atoms with Crippen molar-refractivity contribution >= 4 is 17.2 Å². The number of carbonyl (C=O) groups is 1. The van der Waals surface area contributed by atoms with Crippen LogP contribution < -0.4 is 0 Å². The van der Waals surface area contributed by atoms with Crippen molar-refractivity contribution in [3.8, 4) is 0 Å². The SMILES string of the molecule is Cc1cccc(Cc2cccc(C3CCCN(C(=O)c4scnc4C)C3)n2)c1. The largest absolute Gasteiger partial charge is 0.337 e. The van der Waals surface area contributed by atoms with E-state index in [4.69, 9.17) is 4.98 Å². The lowest BCUT2D eigenvalue weighted by molar-refractivity contribution is 0.0710. The molecule has 1 fully saturated rings. The number of thiazole rings is 1. The quantitative estimate of drug-likeness (QED) is 0.644. The number of aromatic nitrogens is 2. The molecule has 1 aliphatic rings. The monoisotopic (exact) mass is 391 g/mol. The zero-order valence-corrected chi connectivity index (χ0v) is 17.2. The Kier molecular flexibility index (Phi) is 5.53. The fraction of sp³-hybridized carbons (Fsp3) is 0.348. The highest BCUT2D eigenvalue weighted by Crippen LogP contribution is 2.28. The van der Waals surface area contributed by atoms with Crippen molar-refractivity contribution in [3.63, 3.8) is 0 Å². The van der Waals surface area contributed by atoms with Gasteiger partial charge in [0.25, 0.3) is 5.91 Å². The van der Waals surface area contributed by atoms with E-state index in [-0.39, 0.29) is 5.91 Å². The van der Waals surface area contributed by atoms with Crippen molar-refractivity contribution in [2.24, 2.45) is 0 Å². The molecule has 0 radical (unpaired) electrons. The van der Waals surface area contributed by atoms with Crippen molar-refractivity contribution in [1.82, 2.24) is 14.9 Å². The Morgan fingerprint density at radius 2 is 2.07 bits per heavy atom. The molecule has 3 aromatic rings. The van der Waals surface area contributed by atoms with Crippen LogP contribution in [-0.2, 0) is 6.42 Å². The first-order chi connectivity index (χ1) is 13.6. The highest BCUT2D eigenvalue weighted by atomic mass is 32.1. The maximum Gasteiger partial charge on any atom is 0.265 e. The normalized spacial score (nSPS) is 16.9. The van der Waals surface area contributed by atoms with Crippen LogP contribution in [0.25, 0.3) is 0 Å². The summed E-state index contributed by atoms with van der Waals surface area (Å²) < 4.78 is 0. The van der Waals surface area contributed by atoms with Gasteiger partial charge in [-0.25, -0.2) is 4.98 Å². The van der Waals surface area contributed by atoms with Crippen molar-refractivity contribution in [1.29, 1.82) is 0 Å². The second-order valence-electron chi connectivity index (χ2n) is 7.58. The van der Waals surface area contributed by atoms with Gasteiger partial charge < -0.3 is 4.90 Å². The van der Waals surface area contributed by atoms with E-state index in [9.17, 15) is 4.79 Å². The number of amides is 1. The van der Waals surface area contributed by atoms with Crippen LogP contribution in [0.1, 0.15) is 56.6 Å². The number of nitrogens with zero attached hydrogens (tertiary/aromatic N) is 3. The van der Waals surface area contributed by atoms with Crippen LogP contribution in [0.15, 0.2) is 48.0 Å². The third-order valence-corrected chi connectivity index (χ3v) is 6.28. The van der Waals surface area contributed by atoms with E-state index < -0.39 is 0 Å². The average molecular weight is 392 g/mol. The number of benzene rings is 1. The predicted octanol–water partition coefficient (Wildman–Crippen LogP) is 4.77. The number of aryl methyl sites for hydroxylation is 2. The summed E-state index contributed by atoms with van der Waals surface area (Å²) in [6.07, 6.45) is 2.93. The van der Waals surface area contributed by atoms with E-state index in [1.165, 1.54) is 22.5 Å². The van der Waals surface area contributed by atoms with Crippen LogP contribution in [0.3, 0.4) is 0 Å². The summed E-state index contributed by atoms with van der Waals surface area (Å²) in [5.74, 6) is 0.406. The molecule has 4 nitrogen and oxygen atoms in total. The molecule has 0 saturated carbocycles. The third-order valence-electron chi connectivity index (χ3n) is 5.36. The van der Waals surface area contributed by atoms with Gasteiger partial charge in [0.1, 0.15) is 4.88 Å². The van der Waals surface area contributed by atoms with Crippen LogP contribution >= 0.6 is 11.3 Å². The molecular weight excluding hydrogens is 366 g/mol. The number of rotatable bonds is 4. The highest BCUT2D eigenvalue weighted by Gasteiger charge is 2.28. The maximum absolute atomic E-state index is 12.9. The molecule has 1 unspecified atom stereocenters. The fourth-order valence-corrected chi connectivity index (χ4v) is 4.68. The lowest BCUT2D eigenvalue weighted by Gasteiger charge is -2.32.